The zero-order valence-corrected chi connectivity index (χ0v) is 14.8. The number of hydrogen-bond donors (Lipinski definition) is 0. The van der Waals surface area contributed by atoms with Gasteiger partial charge in [-0.25, -0.2) is 8.42 Å². The first-order valence-electron chi connectivity index (χ1n) is 8.03. The summed E-state index contributed by atoms with van der Waals surface area (Å²) in [5.74, 6) is 1.33. The number of ether oxygens (including phenoxy) is 1. The van der Waals surface area contributed by atoms with E-state index in [1.807, 2.05) is 0 Å². The van der Waals surface area contributed by atoms with Gasteiger partial charge in [0, 0.05) is 24.4 Å². The van der Waals surface area contributed by atoms with E-state index in [0.29, 0.717) is 11.5 Å². The summed E-state index contributed by atoms with van der Waals surface area (Å²) in [4.78, 5) is 13.9. The van der Waals surface area contributed by atoms with Crippen molar-refractivity contribution in [3.8, 4) is 5.75 Å². The molecule has 0 aromatic heterocycles. The van der Waals surface area contributed by atoms with E-state index in [0.717, 1.165) is 12.4 Å². The standard InChI is InChI=1S/C17H25NO4S/c1-4-23(20,21)12-13(2)18(3)17(19)15-7-9-16(10-8-15)22-11-14-5-6-14/h7-10,13-14H,4-6,11-12H2,1-3H3/t13-/m0/s1. The summed E-state index contributed by atoms with van der Waals surface area (Å²) in [5, 5.41) is 0. The highest BCUT2D eigenvalue weighted by atomic mass is 32.2. The molecule has 1 atom stereocenters. The van der Waals surface area contributed by atoms with Crippen molar-refractivity contribution >= 4 is 15.7 Å². The fourth-order valence-electron chi connectivity index (χ4n) is 2.19. The second-order valence-electron chi connectivity index (χ2n) is 6.24. The van der Waals surface area contributed by atoms with Gasteiger partial charge in [-0.1, -0.05) is 6.92 Å². The Hall–Kier alpha value is -1.56. The molecule has 1 fully saturated rings. The zero-order chi connectivity index (χ0) is 17.0. The lowest BCUT2D eigenvalue weighted by Crippen LogP contribution is -2.39. The van der Waals surface area contributed by atoms with Gasteiger partial charge in [-0.15, -0.1) is 0 Å². The summed E-state index contributed by atoms with van der Waals surface area (Å²) < 4.78 is 29.0. The van der Waals surface area contributed by atoms with Crippen LogP contribution < -0.4 is 4.74 Å². The van der Waals surface area contributed by atoms with Crippen LogP contribution in [0.15, 0.2) is 24.3 Å². The number of hydrogen-bond acceptors (Lipinski definition) is 4. The van der Waals surface area contributed by atoms with E-state index in [-0.39, 0.29) is 23.5 Å². The average Bonchev–Trinajstić information content (AvgIpc) is 3.36. The molecule has 1 aliphatic carbocycles. The monoisotopic (exact) mass is 339 g/mol. The van der Waals surface area contributed by atoms with Crippen LogP contribution in [-0.4, -0.2) is 50.4 Å². The Bertz CT molecular complexity index is 635. The minimum Gasteiger partial charge on any atom is -0.493 e. The Morgan fingerprint density at radius 2 is 1.91 bits per heavy atom. The molecule has 1 amide bonds. The fourth-order valence-corrected chi connectivity index (χ4v) is 3.39. The summed E-state index contributed by atoms with van der Waals surface area (Å²) in [6.45, 7) is 4.10. The van der Waals surface area contributed by atoms with Crippen molar-refractivity contribution in [2.24, 2.45) is 5.92 Å². The second-order valence-corrected chi connectivity index (χ2v) is 8.64. The lowest BCUT2D eigenvalue weighted by Gasteiger charge is -2.24. The molecule has 0 unspecified atom stereocenters. The number of carbonyl (C=O) groups excluding carboxylic acids is 1. The summed E-state index contributed by atoms with van der Waals surface area (Å²) in [7, 11) is -1.48. The highest BCUT2D eigenvalue weighted by Gasteiger charge is 2.23. The SMILES string of the molecule is CCS(=O)(=O)C[C@H](C)N(C)C(=O)c1ccc(OCC2CC2)cc1. The molecule has 128 valence electrons. The Kier molecular flexibility index (Phi) is 5.68. The second kappa shape index (κ2) is 7.34. The molecule has 1 saturated carbocycles. The van der Waals surface area contributed by atoms with Gasteiger partial charge in [0.1, 0.15) is 5.75 Å². The summed E-state index contributed by atoms with van der Waals surface area (Å²) in [6.07, 6.45) is 2.47. The Labute approximate surface area is 138 Å². The third-order valence-corrected chi connectivity index (χ3v) is 6.07. The Morgan fingerprint density at radius 3 is 2.43 bits per heavy atom. The van der Waals surface area contributed by atoms with Gasteiger partial charge >= 0.3 is 0 Å². The predicted octanol–water partition coefficient (Wildman–Crippen LogP) is 2.37. The van der Waals surface area contributed by atoms with Gasteiger partial charge in [0.15, 0.2) is 9.84 Å². The summed E-state index contributed by atoms with van der Waals surface area (Å²) in [6, 6.07) is 6.66. The highest BCUT2D eigenvalue weighted by Crippen LogP contribution is 2.29. The molecule has 0 bridgehead atoms. The Morgan fingerprint density at radius 1 is 1.30 bits per heavy atom. The zero-order valence-electron chi connectivity index (χ0n) is 14.0. The maximum absolute atomic E-state index is 12.4. The van der Waals surface area contributed by atoms with Crippen LogP contribution in [0.3, 0.4) is 0 Å². The molecule has 0 radical (unpaired) electrons. The summed E-state index contributed by atoms with van der Waals surface area (Å²) in [5.41, 5.74) is 0.534. The van der Waals surface area contributed by atoms with Crippen LogP contribution in [-0.2, 0) is 9.84 Å². The van der Waals surface area contributed by atoms with E-state index in [2.05, 4.69) is 0 Å². The average molecular weight is 339 g/mol. The van der Waals surface area contributed by atoms with Gasteiger partial charge in [0.2, 0.25) is 0 Å². The largest absolute Gasteiger partial charge is 0.493 e. The van der Waals surface area contributed by atoms with Crippen molar-refractivity contribution in [2.45, 2.75) is 32.7 Å². The number of carbonyl (C=O) groups is 1. The van der Waals surface area contributed by atoms with Crippen LogP contribution >= 0.6 is 0 Å². The maximum atomic E-state index is 12.4. The normalized spacial score (nSPS) is 16.0. The molecular weight excluding hydrogens is 314 g/mol. The summed E-state index contributed by atoms with van der Waals surface area (Å²) >= 11 is 0. The van der Waals surface area contributed by atoms with E-state index in [1.54, 1.807) is 45.2 Å². The van der Waals surface area contributed by atoms with Gasteiger partial charge in [0.25, 0.3) is 5.91 Å². The fraction of sp³-hybridized carbons (Fsp3) is 0.588. The number of rotatable bonds is 8. The van der Waals surface area contributed by atoms with E-state index < -0.39 is 9.84 Å². The molecule has 0 N–H and O–H groups in total. The van der Waals surface area contributed by atoms with Crippen molar-refractivity contribution in [3.05, 3.63) is 29.8 Å². The molecule has 6 heteroatoms. The van der Waals surface area contributed by atoms with Crippen LogP contribution in [0.2, 0.25) is 0 Å². The molecule has 5 nitrogen and oxygen atoms in total. The molecule has 1 aliphatic rings. The number of nitrogens with zero attached hydrogens (tertiary/aromatic N) is 1. The first-order chi connectivity index (χ1) is 10.8. The van der Waals surface area contributed by atoms with Crippen molar-refractivity contribution in [1.82, 2.24) is 4.90 Å². The minimum absolute atomic E-state index is 0.0195. The molecule has 2 rings (SSSR count). The highest BCUT2D eigenvalue weighted by molar-refractivity contribution is 7.91. The van der Waals surface area contributed by atoms with Crippen LogP contribution in [0.4, 0.5) is 0 Å². The molecule has 0 saturated heterocycles. The van der Waals surface area contributed by atoms with Gasteiger partial charge in [-0.3, -0.25) is 4.79 Å². The first kappa shape index (κ1) is 17.8. The van der Waals surface area contributed by atoms with Crippen molar-refractivity contribution < 1.29 is 17.9 Å². The van der Waals surface area contributed by atoms with E-state index >= 15 is 0 Å². The molecule has 1 aromatic rings. The molecule has 1 aromatic carbocycles. The Balaban J connectivity index is 1.95. The smallest absolute Gasteiger partial charge is 0.253 e. The van der Waals surface area contributed by atoms with Crippen LogP contribution in [0.25, 0.3) is 0 Å². The quantitative estimate of drug-likeness (QED) is 0.729. The van der Waals surface area contributed by atoms with Crippen molar-refractivity contribution in [1.29, 1.82) is 0 Å². The van der Waals surface area contributed by atoms with Gasteiger partial charge < -0.3 is 9.64 Å². The third-order valence-electron chi connectivity index (χ3n) is 4.20. The van der Waals surface area contributed by atoms with E-state index in [9.17, 15) is 13.2 Å². The first-order valence-corrected chi connectivity index (χ1v) is 9.85. The lowest BCUT2D eigenvalue weighted by molar-refractivity contribution is 0.0756. The molecular formula is C17H25NO4S. The van der Waals surface area contributed by atoms with E-state index in [1.165, 1.54) is 17.7 Å². The van der Waals surface area contributed by atoms with Crippen molar-refractivity contribution in [3.63, 3.8) is 0 Å². The van der Waals surface area contributed by atoms with Gasteiger partial charge in [-0.2, -0.15) is 0 Å². The van der Waals surface area contributed by atoms with Crippen LogP contribution in [0.1, 0.15) is 37.0 Å². The molecule has 0 spiro atoms. The maximum Gasteiger partial charge on any atom is 0.253 e. The lowest BCUT2D eigenvalue weighted by atomic mass is 10.2. The van der Waals surface area contributed by atoms with E-state index in [4.69, 9.17) is 4.74 Å². The molecule has 0 heterocycles. The van der Waals surface area contributed by atoms with Crippen LogP contribution in [0, 0.1) is 5.92 Å². The van der Waals surface area contributed by atoms with Gasteiger partial charge in [0.05, 0.1) is 12.4 Å². The number of amides is 1. The van der Waals surface area contributed by atoms with Gasteiger partial charge in [-0.05, 0) is 49.9 Å². The predicted molar refractivity (Wildman–Crippen MR) is 90.5 cm³/mol. The number of sulfone groups is 1. The molecule has 0 aliphatic heterocycles. The van der Waals surface area contributed by atoms with Crippen molar-refractivity contribution in [2.75, 3.05) is 25.2 Å². The molecule has 23 heavy (non-hydrogen) atoms. The minimum atomic E-state index is -3.11. The van der Waals surface area contributed by atoms with Crippen LogP contribution in [0.5, 0.6) is 5.75 Å². The topological polar surface area (TPSA) is 63.7 Å². The third kappa shape index (κ3) is 5.23. The number of benzene rings is 1.